The Hall–Kier alpha value is -5.04. The maximum Gasteiger partial charge on any atom is 0.187 e. The molecule has 0 aromatic heterocycles. The summed E-state index contributed by atoms with van der Waals surface area (Å²) in [7, 11) is 0. The molecular formula is C54H58O9. The smallest absolute Gasteiger partial charge is 0.187 e. The predicted molar refractivity (Wildman–Crippen MR) is 240 cm³/mol. The van der Waals surface area contributed by atoms with Crippen LogP contribution in [0.3, 0.4) is 0 Å². The van der Waals surface area contributed by atoms with Crippen LogP contribution in [-0.2, 0) is 82.3 Å². The molecule has 0 spiro atoms. The summed E-state index contributed by atoms with van der Waals surface area (Å²) in [5, 5.41) is 0. The average molecular weight is 851 g/mol. The third-order valence-corrected chi connectivity index (χ3v) is 11.3. The van der Waals surface area contributed by atoms with Crippen LogP contribution in [0, 0.1) is 0 Å². The lowest BCUT2D eigenvalue weighted by Gasteiger charge is -2.48. The Labute approximate surface area is 371 Å². The first kappa shape index (κ1) is 44.6. The van der Waals surface area contributed by atoms with Crippen LogP contribution in [0.5, 0.6) is 0 Å². The molecule has 0 radical (unpaired) electrons. The Morgan fingerprint density at radius 2 is 0.730 bits per heavy atom. The minimum atomic E-state index is -0.942. The standard InChI is InChI=1S/C54H58O9/c1-7-19-41(20-8-1)33-55-39-48-50(47(31-32-57-48)58-35-43-23-11-3-12-24-43)63-54-53(61-38-46-29-17-6-18-30-46)52(60-37-45-27-15-5-16-28-45)51(59-36-44-25-13-4-14-26-44)49(62-54)40-56-34-42-21-9-2-10-22-42/h1-30,47-54H,31-40H2/t47-,48+,49-,50+,51-,52+,53-,54+/m1/s1. The maximum atomic E-state index is 7.27. The minimum Gasteiger partial charge on any atom is -0.374 e. The van der Waals surface area contributed by atoms with Gasteiger partial charge in [0, 0.05) is 6.61 Å². The van der Waals surface area contributed by atoms with Gasteiger partial charge < -0.3 is 42.6 Å². The van der Waals surface area contributed by atoms with E-state index in [9.17, 15) is 0 Å². The van der Waals surface area contributed by atoms with Crippen molar-refractivity contribution in [2.75, 3.05) is 19.8 Å². The lowest BCUT2D eigenvalue weighted by Crippen LogP contribution is -2.63. The number of hydrogen-bond acceptors (Lipinski definition) is 9. The van der Waals surface area contributed by atoms with Gasteiger partial charge in [-0.25, -0.2) is 0 Å². The van der Waals surface area contributed by atoms with Gasteiger partial charge in [-0.1, -0.05) is 182 Å². The molecule has 63 heavy (non-hydrogen) atoms. The van der Waals surface area contributed by atoms with E-state index >= 15 is 0 Å². The van der Waals surface area contributed by atoms with E-state index in [1.165, 1.54) is 0 Å². The van der Waals surface area contributed by atoms with Crippen molar-refractivity contribution in [1.29, 1.82) is 0 Å². The van der Waals surface area contributed by atoms with Gasteiger partial charge in [-0.05, 0) is 39.8 Å². The van der Waals surface area contributed by atoms with Crippen molar-refractivity contribution in [3.8, 4) is 0 Å². The first-order chi connectivity index (χ1) is 31.2. The fraction of sp³-hybridized carbons (Fsp3) is 0.333. The molecule has 6 aromatic rings. The van der Waals surface area contributed by atoms with Gasteiger partial charge in [0.25, 0.3) is 0 Å². The van der Waals surface area contributed by atoms with E-state index in [1.807, 2.05) is 121 Å². The second kappa shape index (κ2) is 24.1. The molecular weight excluding hydrogens is 793 g/mol. The molecule has 0 bridgehead atoms. The Bertz CT molecular complexity index is 2130. The molecule has 0 aliphatic carbocycles. The number of rotatable bonds is 22. The van der Waals surface area contributed by atoms with E-state index in [0.717, 1.165) is 33.4 Å². The SMILES string of the molecule is c1ccc(COC[C@@H]2OCC[C@@H](OCc3ccccc3)[C@@H]2O[C@@H]2O[C@H](COCc3ccccc3)[C@@H](OCc3ccccc3)[C@H](OCc3ccccc3)[C@H]2OCc2ccccc2)cc1. The molecule has 2 heterocycles. The number of hydrogen-bond donors (Lipinski definition) is 0. The number of benzene rings is 6. The Balaban J connectivity index is 1.12. The van der Waals surface area contributed by atoms with E-state index in [1.54, 1.807) is 0 Å². The third-order valence-electron chi connectivity index (χ3n) is 11.3. The van der Waals surface area contributed by atoms with Crippen molar-refractivity contribution in [1.82, 2.24) is 0 Å². The highest BCUT2D eigenvalue weighted by Crippen LogP contribution is 2.35. The van der Waals surface area contributed by atoms with Crippen molar-refractivity contribution in [3.63, 3.8) is 0 Å². The number of ether oxygens (including phenoxy) is 9. The van der Waals surface area contributed by atoms with Crippen molar-refractivity contribution in [2.45, 2.75) is 95.1 Å². The van der Waals surface area contributed by atoms with Crippen LogP contribution < -0.4 is 0 Å². The monoisotopic (exact) mass is 850 g/mol. The maximum absolute atomic E-state index is 7.27. The molecule has 0 N–H and O–H groups in total. The molecule has 9 nitrogen and oxygen atoms in total. The van der Waals surface area contributed by atoms with Gasteiger partial charge in [-0.15, -0.1) is 0 Å². The zero-order valence-electron chi connectivity index (χ0n) is 35.7. The molecule has 0 unspecified atom stereocenters. The summed E-state index contributed by atoms with van der Waals surface area (Å²) in [6, 6.07) is 60.8. The molecule has 8 rings (SSSR count). The quantitative estimate of drug-likeness (QED) is 0.0664. The molecule has 9 heteroatoms. The normalized spacial score (nSPS) is 23.6. The van der Waals surface area contributed by atoms with Gasteiger partial charge in [0.2, 0.25) is 0 Å². The van der Waals surface area contributed by atoms with Crippen LogP contribution >= 0.6 is 0 Å². The lowest BCUT2D eigenvalue weighted by molar-refractivity contribution is -0.352. The van der Waals surface area contributed by atoms with E-state index in [-0.39, 0.29) is 19.3 Å². The lowest BCUT2D eigenvalue weighted by atomic mass is 9.96. The van der Waals surface area contributed by atoms with Gasteiger partial charge >= 0.3 is 0 Å². The Morgan fingerprint density at radius 3 is 1.17 bits per heavy atom. The molecule has 2 fully saturated rings. The topological polar surface area (TPSA) is 83.1 Å². The summed E-state index contributed by atoms with van der Waals surface area (Å²) in [5.41, 5.74) is 6.25. The summed E-state index contributed by atoms with van der Waals surface area (Å²) in [6.45, 7) is 3.17. The molecule has 0 amide bonds. The largest absolute Gasteiger partial charge is 0.374 e. The van der Waals surface area contributed by atoms with E-state index in [2.05, 4.69) is 60.7 Å². The highest BCUT2D eigenvalue weighted by atomic mass is 16.7. The Morgan fingerprint density at radius 1 is 0.365 bits per heavy atom. The zero-order valence-corrected chi connectivity index (χ0v) is 35.7. The molecule has 0 saturated carbocycles. The fourth-order valence-corrected chi connectivity index (χ4v) is 7.99. The van der Waals surface area contributed by atoms with E-state index < -0.39 is 42.9 Å². The Kier molecular flexibility index (Phi) is 17.1. The van der Waals surface area contributed by atoms with Gasteiger partial charge in [-0.3, -0.25) is 0 Å². The van der Waals surface area contributed by atoms with Crippen molar-refractivity contribution in [2.24, 2.45) is 0 Å². The highest BCUT2D eigenvalue weighted by Gasteiger charge is 2.51. The first-order valence-corrected chi connectivity index (χ1v) is 22.0. The van der Waals surface area contributed by atoms with Gasteiger partial charge in [-0.2, -0.15) is 0 Å². The average Bonchev–Trinajstić information content (AvgIpc) is 3.34. The summed E-state index contributed by atoms with van der Waals surface area (Å²) in [4.78, 5) is 0. The van der Waals surface area contributed by atoms with Crippen LogP contribution in [0.1, 0.15) is 39.8 Å². The third kappa shape index (κ3) is 13.5. The molecule has 2 saturated heterocycles. The summed E-state index contributed by atoms with van der Waals surface area (Å²) in [5.74, 6) is 0. The van der Waals surface area contributed by atoms with Gasteiger partial charge in [0.05, 0.1) is 59.0 Å². The van der Waals surface area contributed by atoms with Crippen molar-refractivity contribution >= 4 is 0 Å². The van der Waals surface area contributed by atoms with Crippen molar-refractivity contribution < 1.29 is 42.6 Å². The van der Waals surface area contributed by atoms with Gasteiger partial charge in [0.15, 0.2) is 6.29 Å². The van der Waals surface area contributed by atoms with E-state index in [0.29, 0.717) is 52.7 Å². The van der Waals surface area contributed by atoms with Gasteiger partial charge in [0.1, 0.15) is 36.6 Å². The summed E-state index contributed by atoms with van der Waals surface area (Å²) >= 11 is 0. The van der Waals surface area contributed by atoms with E-state index in [4.69, 9.17) is 42.6 Å². The molecule has 2 aliphatic rings. The second-order valence-electron chi connectivity index (χ2n) is 16.0. The summed E-state index contributed by atoms with van der Waals surface area (Å²) < 4.78 is 61.3. The first-order valence-electron chi connectivity index (χ1n) is 22.0. The summed E-state index contributed by atoms with van der Waals surface area (Å²) in [6.07, 6.45) is -4.34. The molecule has 8 atom stereocenters. The van der Waals surface area contributed by atoms with Crippen LogP contribution in [-0.4, -0.2) is 68.8 Å². The fourth-order valence-electron chi connectivity index (χ4n) is 7.99. The minimum absolute atomic E-state index is 0.212. The molecule has 328 valence electrons. The van der Waals surface area contributed by atoms with Crippen LogP contribution in [0.25, 0.3) is 0 Å². The van der Waals surface area contributed by atoms with Crippen LogP contribution in [0.15, 0.2) is 182 Å². The van der Waals surface area contributed by atoms with Crippen LogP contribution in [0.2, 0.25) is 0 Å². The highest BCUT2D eigenvalue weighted by molar-refractivity contribution is 5.18. The zero-order chi connectivity index (χ0) is 42.7. The molecule has 2 aliphatic heterocycles. The predicted octanol–water partition coefficient (Wildman–Crippen LogP) is 9.66. The van der Waals surface area contributed by atoms with Crippen molar-refractivity contribution in [3.05, 3.63) is 215 Å². The second-order valence-corrected chi connectivity index (χ2v) is 16.0. The molecule has 6 aromatic carbocycles. The van der Waals surface area contributed by atoms with Crippen LogP contribution in [0.4, 0.5) is 0 Å².